The van der Waals surface area contributed by atoms with E-state index in [1.807, 2.05) is 0 Å². The summed E-state index contributed by atoms with van der Waals surface area (Å²) in [6.45, 7) is -0.172. The first-order valence-corrected chi connectivity index (χ1v) is 12.5. The third kappa shape index (κ3) is 4.36. The molecule has 0 radical (unpaired) electrons. The van der Waals surface area contributed by atoms with E-state index in [1.54, 1.807) is 42.3 Å². The van der Waals surface area contributed by atoms with E-state index in [2.05, 4.69) is 10.6 Å². The maximum absolute atomic E-state index is 13.6. The number of nitrogens with zero attached hydrogens (tertiary/aromatic N) is 2. The van der Waals surface area contributed by atoms with Crippen LogP contribution in [0.25, 0.3) is 0 Å². The van der Waals surface area contributed by atoms with E-state index in [9.17, 15) is 23.6 Å². The van der Waals surface area contributed by atoms with Crippen molar-refractivity contribution < 1.29 is 33.0 Å². The van der Waals surface area contributed by atoms with Gasteiger partial charge in [0.1, 0.15) is 12.4 Å². The minimum Gasteiger partial charge on any atom is -0.427 e. The van der Waals surface area contributed by atoms with Gasteiger partial charge in [-0.05, 0) is 54.7 Å². The highest BCUT2D eigenvalue weighted by Crippen LogP contribution is 2.46. The first-order chi connectivity index (χ1) is 18.3. The standard InChI is InChI=1S/C27H29FN4O6/c1-29-25(35)30-19-7-9-21-17(13-19)11-12-27(21)24(34)31(26(36)38-27)14-23(33)32-20(15-37-2)8-10-22(32)16-3-5-18(28)6-4-16/h3-7,9,13,20,22H,8,10-12,14-15H2,1-2H3,(H2,29,30,35)/t20-,22+,27?/m1/s1. The number of hydrogen-bond donors (Lipinski definition) is 2. The number of benzene rings is 2. The molecule has 3 aliphatic rings. The van der Waals surface area contributed by atoms with Crippen LogP contribution in [-0.4, -0.2) is 67.1 Å². The molecule has 11 heteroatoms. The maximum atomic E-state index is 13.6. The number of urea groups is 1. The summed E-state index contributed by atoms with van der Waals surface area (Å²) in [5, 5.41) is 5.16. The average Bonchev–Trinajstić information content (AvgIpc) is 3.55. The Labute approximate surface area is 219 Å². The zero-order chi connectivity index (χ0) is 27.0. The number of imide groups is 1. The normalized spacial score (nSPS) is 24.1. The van der Waals surface area contributed by atoms with Crippen LogP contribution in [0.15, 0.2) is 42.5 Å². The minimum absolute atomic E-state index is 0.245. The predicted molar refractivity (Wildman–Crippen MR) is 134 cm³/mol. The van der Waals surface area contributed by atoms with Crippen LogP contribution in [0.3, 0.4) is 0 Å². The van der Waals surface area contributed by atoms with E-state index in [-0.39, 0.29) is 30.4 Å². The monoisotopic (exact) mass is 524 g/mol. The molecule has 2 aromatic carbocycles. The fourth-order valence-corrected chi connectivity index (χ4v) is 5.77. The van der Waals surface area contributed by atoms with E-state index >= 15 is 0 Å². The van der Waals surface area contributed by atoms with Gasteiger partial charge < -0.3 is 25.0 Å². The summed E-state index contributed by atoms with van der Waals surface area (Å²) < 4.78 is 24.5. The third-order valence-corrected chi connectivity index (χ3v) is 7.54. The van der Waals surface area contributed by atoms with Gasteiger partial charge in [0.25, 0.3) is 5.91 Å². The number of likely N-dealkylation sites (tertiary alicyclic amines) is 1. The summed E-state index contributed by atoms with van der Waals surface area (Å²) in [5.41, 5.74) is 1.16. The molecule has 1 spiro atoms. The van der Waals surface area contributed by atoms with Crippen molar-refractivity contribution in [1.29, 1.82) is 0 Å². The van der Waals surface area contributed by atoms with Crippen LogP contribution in [-0.2, 0) is 31.1 Å². The molecule has 0 bridgehead atoms. The second-order valence-electron chi connectivity index (χ2n) is 9.72. The number of aryl methyl sites for hydroxylation is 1. The molecule has 5 amide bonds. The van der Waals surface area contributed by atoms with E-state index < -0.39 is 30.1 Å². The number of halogens is 1. The van der Waals surface area contributed by atoms with Crippen molar-refractivity contribution in [2.75, 3.05) is 32.6 Å². The zero-order valence-electron chi connectivity index (χ0n) is 21.2. The molecule has 2 saturated heterocycles. The van der Waals surface area contributed by atoms with Crippen LogP contribution in [0.2, 0.25) is 0 Å². The molecular formula is C27H29FN4O6. The van der Waals surface area contributed by atoms with Gasteiger partial charge in [0.2, 0.25) is 11.5 Å². The quantitative estimate of drug-likeness (QED) is 0.600. The molecule has 0 saturated carbocycles. The number of rotatable bonds is 6. The van der Waals surface area contributed by atoms with Gasteiger partial charge in [0.05, 0.1) is 18.7 Å². The van der Waals surface area contributed by atoms with Gasteiger partial charge in [-0.1, -0.05) is 18.2 Å². The topological polar surface area (TPSA) is 117 Å². The lowest BCUT2D eigenvalue weighted by atomic mass is 9.94. The Morgan fingerprint density at radius 2 is 1.92 bits per heavy atom. The molecule has 2 N–H and O–H groups in total. The molecule has 38 heavy (non-hydrogen) atoms. The Morgan fingerprint density at radius 1 is 1.16 bits per heavy atom. The highest BCUT2D eigenvalue weighted by molar-refractivity contribution is 6.06. The number of hydrogen-bond acceptors (Lipinski definition) is 6. The van der Waals surface area contributed by atoms with Gasteiger partial charge in [0, 0.05) is 31.8 Å². The van der Waals surface area contributed by atoms with Gasteiger partial charge in [-0.25, -0.2) is 18.9 Å². The van der Waals surface area contributed by atoms with Crippen molar-refractivity contribution in [2.24, 2.45) is 0 Å². The van der Waals surface area contributed by atoms with Crippen molar-refractivity contribution in [3.63, 3.8) is 0 Å². The number of amides is 5. The van der Waals surface area contributed by atoms with E-state index in [0.717, 1.165) is 16.0 Å². The van der Waals surface area contributed by atoms with Crippen molar-refractivity contribution in [3.8, 4) is 0 Å². The highest BCUT2D eigenvalue weighted by Gasteiger charge is 2.58. The molecule has 2 aliphatic heterocycles. The van der Waals surface area contributed by atoms with E-state index in [1.165, 1.54) is 19.2 Å². The molecule has 2 fully saturated rings. The molecule has 2 heterocycles. The van der Waals surface area contributed by atoms with Crippen molar-refractivity contribution in [3.05, 3.63) is 65.0 Å². The third-order valence-electron chi connectivity index (χ3n) is 7.54. The predicted octanol–water partition coefficient (Wildman–Crippen LogP) is 3.08. The second kappa shape index (κ2) is 10.1. The zero-order valence-corrected chi connectivity index (χ0v) is 21.2. The number of carbonyl (C=O) groups excluding carboxylic acids is 4. The highest BCUT2D eigenvalue weighted by atomic mass is 19.1. The van der Waals surface area contributed by atoms with Crippen LogP contribution in [0.1, 0.15) is 42.0 Å². The number of methoxy groups -OCH3 is 1. The Kier molecular flexibility index (Phi) is 6.78. The molecule has 1 unspecified atom stereocenters. The Morgan fingerprint density at radius 3 is 2.63 bits per heavy atom. The Balaban J connectivity index is 1.37. The molecule has 200 valence electrons. The summed E-state index contributed by atoms with van der Waals surface area (Å²) in [6.07, 6.45) is 1.16. The Hall–Kier alpha value is -3.99. The smallest absolute Gasteiger partial charge is 0.418 e. The summed E-state index contributed by atoms with van der Waals surface area (Å²) in [5.74, 6) is -1.37. The van der Waals surface area contributed by atoms with Gasteiger partial charge in [-0.15, -0.1) is 0 Å². The molecule has 3 atom stereocenters. The van der Waals surface area contributed by atoms with E-state index in [4.69, 9.17) is 9.47 Å². The SMILES string of the molecule is CNC(=O)Nc1ccc2c(c1)CCC21OC(=O)N(CC(=O)N2[C@@H](COC)CC[C@H]2c2ccc(F)cc2)C1=O. The van der Waals surface area contributed by atoms with Gasteiger partial charge in [-0.2, -0.15) is 0 Å². The lowest BCUT2D eigenvalue weighted by Crippen LogP contribution is -2.47. The van der Waals surface area contributed by atoms with Crippen LogP contribution >= 0.6 is 0 Å². The fraction of sp³-hybridized carbons (Fsp3) is 0.407. The Bertz CT molecular complexity index is 1280. The molecule has 10 nitrogen and oxygen atoms in total. The average molecular weight is 525 g/mol. The number of nitrogens with one attached hydrogen (secondary N) is 2. The van der Waals surface area contributed by atoms with Crippen LogP contribution in [0, 0.1) is 5.82 Å². The minimum atomic E-state index is -1.49. The molecule has 1 aliphatic carbocycles. The van der Waals surface area contributed by atoms with Crippen LogP contribution in [0.4, 0.5) is 19.7 Å². The van der Waals surface area contributed by atoms with E-state index in [0.29, 0.717) is 37.1 Å². The first kappa shape index (κ1) is 25.7. The molecule has 2 aromatic rings. The molecular weight excluding hydrogens is 495 g/mol. The largest absolute Gasteiger partial charge is 0.427 e. The number of fused-ring (bicyclic) bond motifs is 2. The van der Waals surface area contributed by atoms with Crippen molar-refractivity contribution in [1.82, 2.24) is 15.1 Å². The first-order valence-electron chi connectivity index (χ1n) is 12.5. The number of carbonyl (C=O) groups is 4. The second-order valence-corrected chi connectivity index (χ2v) is 9.72. The lowest BCUT2D eigenvalue weighted by molar-refractivity contribution is -0.143. The van der Waals surface area contributed by atoms with Crippen LogP contribution in [0.5, 0.6) is 0 Å². The van der Waals surface area contributed by atoms with Crippen LogP contribution < -0.4 is 10.6 Å². The summed E-state index contributed by atoms with van der Waals surface area (Å²) in [4.78, 5) is 54.3. The summed E-state index contributed by atoms with van der Waals surface area (Å²) in [7, 11) is 3.05. The van der Waals surface area contributed by atoms with Crippen molar-refractivity contribution >= 4 is 29.6 Å². The molecule has 0 aromatic heterocycles. The van der Waals surface area contributed by atoms with Crippen molar-refractivity contribution in [2.45, 2.75) is 43.4 Å². The van der Waals surface area contributed by atoms with Gasteiger partial charge in [-0.3, -0.25) is 9.59 Å². The number of anilines is 1. The molecule has 5 rings (SSSR count). The maximum Gasteiger partial charge on any atom is 0.418 e. The van der Waals surface area contributed by atoms with Gasteiger partial charge in [0.15, 0.2) is 0 Å². The summed E-state index contributed by atoms with van der Waals surface area (Å²) in [6, 6.07) is 10.1. The number of ether oxygens (including phenoxy) is 2. The van der Waals surface area contributed by atoms with Gasteiger partial charge >= 0.3 is 12.1 Å². The fourth-order valence-electron chi connectivity index (χ4n) is 5.77. The summed E-state index contributed by atoms with van der Waals surface area (Å²) >= 11 is 0. The lowest BCUT2D eigenvalue weighted by Gasteiger charge is -2.31.